The molecule has 4 aromatic rings. The summed E-state index contributed by atoms with van der Waals surface area (Å²) >= 11 is 13.3. The maximum Gasteiger partial charge on any atom is 0.337 e. The molecule has 0 aromatic heterocycles. The van der Waals surface area contributed by atoms with E-state index in [4.69, 9.17) is 23.2 Å². The smallest absolute Gasteiger partial charge is 0.337 e. The molecule has 0 aliphatic heterocycles. The second kappa shape index (κ2) is 10.4. The summed E-state index contributed by atoms with van der Waals surface area (Å²) < 4.78 is 0. The quantitative estimate of drug-likeness (QED) is 0.251. The highest BCUT2D eigenvalue weighted by molar-refractivity contribution is 6.40. The van der Waals surface area contributed by atoms with Crippen LogP contribution in [0.25, 0.3) is 21.9 Å². The second-order valence-electron chi connectivity index (χ2n) is 9.69. The maximum atomic E-state index is 13.0. The molecule has 1 aliphatic carbocycles. The molecule has 0 spiro atoms. The first-order valence-electron chi connectivity index (χ1n) is 12.6. The summed E-state index contributed by atoms with van der Waals surface area (Å²) in [6.45, 7) is 5.81. The fourth-order valence-electron chi connectivity index (χ4n) is 5.64. The third-order valence-corrected chi connectivity index (χ3v) is 8.01. The van der Waals surface area contributed by atoms with E-state index in [1.807, 2.05) is 43.3 Å². The van der Waals surface area contributed by atoms with Crippen LogP contribution in [0.2, 0.25) is 10.0 Å². The highest BCUT2D eigenvalue weighted by atomic mass is 35.5. The lowest BCUT2D eigenvalue weighted by Crippen LogP contribution is -2.14. The Morgan fingerprint density at radius 1 is 0.800 bits per heavy atom. The number of benzene rings is 4. The lowest BCUT2D eigenvalue weighted by Gasteiger charge is -2.27. The highest BCUT2D eigenvalue weighted by Crippen LogP contribution is 2.48. The Morgan fingerprint density at radius 2 is 1.43 bits per heavy atom. The van der Waals surface area contributed by atoms with Crippen LogP contribution >= 0.6 is 23.2 Å². The van der Waals surface area contributed by atoms with Gasteiger partial charge in [0, 0.05) is 16.7 Å². The van der Waals surface area contributed by atoms with E-state index in [0.29, 0.717) is 27.8 Å². The predicted molar refractivity (Wildman–Crippen MR) is 159 cm³/mol. The number of carboxylic acid groups (broad SMARTS) is 2. The molecule has 5 nitrogen and oxygen atoms in total. The lowest BCUT2D eigenvalue weighted by atomic mass is 9.77. The standard InChI is InChI=1S/C33H24Cl2O5/c1-4-18-13-16(2)26(21-11-7-5-9-19(18)21)29(27-17(3)14-25(36)20-10-6-8-12-22(20)27)28-24(34)15-23(32(37)38)31(35)30(28)33(39)40/h5-15H,4H2,1-3H3,(H,37,38)(H,39,40)/b29-27-. The van der Waals surface area contributed by atoms with Crippen molar-refractivity contribution in [2.75, 3.05) is 0 Å². The molecule has 0 atom stereocenters. The summed E-state index contributed by atoms with van der Waals surface area (Å²) in [7, 11) is 0. The first-order chi connectivity index (χ1) is 19.1. The summed E-state index contributed by atoms with van der Waals surface area (Å²) in [6, 6.07) is 18.2. The fourth-order valence-corrected chi connectivity index (χ4v) is 6.25. The van der Waals surface area contributed by atoms with Crippen molar-refractivity contribution in [3.63, 3.8) is 0 Å². The number of hydrogen-bond donors (Lipinski definition) is 2. The average molecular weight is 571 g/mol. The minimum Gasteiger partial charge on any atom is -0.478 e. The number of fused-ring (bicyclic) bond motifs is 2. The van der Waals surface area contributed by atoms with E-state index in [2.05, 4.69) is 13.0 Å². The Labute approximate surface area is 241 Å². The van der Waals surface area contributed by atoms with Crippen LogP contribution in [0.4, 0.5) is 0 Å². The van der Waals surface area contributed by atoms with Crippen molar-refractivity contribution in [2.24, 2.45) is 0 Å². The van der Waals surface area contributed by atoms with E-state index < -0.39 is 28.1 Å². The summed E-state index contributed by atoms with van der Waals surface area (Å²) in [5, 5.41) is 21.5. The first kappa shape index (κ1) is 27.4. The van der Waals surface area contributed by atoms with Crippen LogP contribution in [0, 0.1) is 6.92 Å². The lowest BCUT2D eigenvalue weighted by molar-refractivity contribution is 0.0695. The summed E-state index contributed by atoms with van der Waals surface area (Å²) in [5.41, 5.74) is 4.77. The number of carbonyl (C=O) groups is 3. The number of rotatable bonds is 5. The molecule has 0 saturated heterocycles. The van der Waals surface area contributed by atoms with Gasteiger partial charge in [0.05, 0.1) is 21.2 Å². The fraction of sp³-hybridized carbons (Fsp3) is 0.121. The zero-order chi connectivity index (χ0) is 28.9. The van der Waals surface area contributed by atoms with Crippen LogP contribution in [0.1, 0.15) is 72.7 Å². The number of aryl methyl sites for hydroxylation is 2. The van der Waals surface area contributed by atoms with Gasteiger partial charge in [-0.3, -0.25) is 4.79 Å². The van der Waals surface area contributed by atoms with Gasteiger partial charge in [0.15, 0.2) is 5.78 Å². The largest absolute Gasteiger partial charge is 0.478 e. The normalized spacial score (nSPS) is 14.1. The maximum absolute atomic E-state index is 13.0. The Kier molecular flexibility index (Phi) is 7.13. The Balaban J connectivity index is 2.10. The molecule has 200 valence electrons. The van der Waals surface area contributed by atoms with Gasteiger partial charge in [-0.2, -0.15) is 0 Å². The van der Waals surface area contributed by atoms with Gasteiger partial charge in [0.1, 0.15) is 0 Å². The third-order valence-electron chi connectivity index (χ3n) is 7.32. The summed E-state index contributed by atoms with van der Waals surface area (Å²) in [6.07, 6.45) is 2.31. The molecule has 40 heavy (non-hydrogen) atoms. The van der Waals surface area contributed by atoms with Crippen molar-refractivity contribution in [3.05, 3.63) is 127 Å². The first-order valence-corrected chi connectivity index (χ1v) is 13.4. The summed E-state index contributed by atoms with van der Waals surface area (Å²) in [4.78, 5) is 37.8. The molecule has 5 rings (SSSR count). The van der Waals surface area contributed by atoms with Crippen LogP contribution in [-0.4, -0.2) is 27.9 Å². The number of aromatic carboxylic acids is 2. The Hall–Kier alpha value is -4.19. The van der Waals surface area contributed by atoms with E-state index in [0.717, 1.165) is 33.9 Å². The van der Waals surface area contributed by atoms with Crippen molar-refractivity contribution >= 4 is 62.8 Å². The van der Waals surface area contributed by atoms with Gasteiger partial charge in [0.25, 0.3) is 0 Å². The molecular formula is C33H24Cl2O5. The van der Waals surface area contributed by atoms with Gasteiger partial charge in [-0.15, -0.1) is 0 Å². The molecule has 0 unspecified atom stereocenters. The molecule has 0 radical (unpaired) electrons. The van der Waals surface area contributed by atoms with Crippen LogP contribution in [-0.2, 0) is 6.42 Å². The van der Waals surface area contributed by atoms with E-state index in [9.17, 15) is 24.6 Å². The van der Waals surface area contributed by atoms with E-state index in [1.54, 1.807) is 19.1 Å². The number of hydrogen-bond acceptors (Lipinski definition) is 3. The van der Waals surface area contributed by atoms with E-state index >= 15 is 0 Å². The number of carbonyl (C=O) groups excluding carboxylic acids is 1. The summed E-state index contributed by atoms with van der Waals surface area (Å²) in [5.74, 6) is -2.98. The van der Waals surface area contributed by atoms with Gasteiger partial charge in [0.2, 0.25) is 0 Å². The number of allylic oxidation sites excluding steroid dienone is 3. The molecular weight excluding hydrogens is 547 g/mol. The Morgan fingerprint density at radius 3 is 2.05 bits per heavy atom. The minimum absolute atomic E-state index is 0.0769. The van der Waals surface area contributed by atoms with Gasteiger partial charge in [-0.25, -0.2) is 9.59 Å². The average Bonchev–Trinajstić information content (AvgIpc) is 2.92. The molecule has 0 bridgehead atoms. The minimum atomic E-state index is -1.42. The van der Waals surface area contributed by atoms with Gasteiger partial charge >= 0.3 is 11.9 Å². The second-order valence-corrected chi connectivity index (χ2v) is 10.5. The van der Waals surface area contributed by atoms with Crippen molar-refractivity contribution < 1.29 is 24.6 Å². The van der Waals surface area contributed by atoms with Crippen LogP contribution in [0.15, 0.2) is 72.3 Å². The van der Waals surface area contributed by atoms with Crippen molar-refractivity contribution in [1.82, 2.24) is 0 Å². The predicted octanol–water partition coefficient (Wildman–Crippen LogP) is 8.52. The molecule has 0 fully saturated rings. The third kappa shape index (κ3) is 4.32. The van der Waals surface area contributed by atoms with E-state index in [-0.39, 0.29) is 16.4 Å². The molecule has 2 N–H and O–H groups in total. The van der Waals surface area contributed by atoms with E-state index in [1.165, 1.54) is 12.1 Å². The molecule has 4 aromatic carbocycles. The molecule has 7 heteroatoms. The highest BCUT2D eigenvalue weighted by Gasteiger charge is 2.32. The number of halogens is 2. The molecule has 0 saturated carbocycles. The molecule has 0 heterocycles. The van der Waals surface area contributed by atoms with Crippen molar-refractivity contribution in [1.29, 1.82) is 0 Å². The van der Waals surface area contributed by atoms with Crippen LogP contribution < -0.4 is 0 Å². The zero-order valence-corrected chi connectivity index (χ0v) is 23.4. The monoisotopic (exact) mass is 570 g/mol. The van der Waals surface area contributed by atoms with Gasteiger partial charge in [-0.05, 0) is 76.6 Å². The molecule has 1 aliphatic rings. The molecule has 0 amide bonds. The number of ketones is 1. The van der Waals surface area contributed by atoms with Crippen LogP contribution in [0.3, 0.4) is 0 Å². The van der Waals surface area contributed by atoms with Crippen molar-refractivity contribution in [3.8, 4) is 0 Å². The van der Waals surface area contributed by atoms with Gasteiger partial charge < -0.3 is 10.2 Å². The van der Waals surface area contributed by atoms with Gasteiger partial charge in [-0.1, -0.05) is 84.7 Å². The SMILES string of the molecule is CCc1cc(C)c(/C(=C2\C(C)=CC(=O)c3ccccc32)c2c(Cl)cc(C(=O)O)c(Cl)c2C(=O)O)c2ccccc12. The van der Waals surface area contributed by atoms with Crippen LogP contribution in [0.5, 0.6) is 0 Å². The number of carboxylic acids is 2. The van der Waals surface area contributed by atoms with Crippen molar-refractivity contribution in [2.45, 2.75) is 27.2 Å². The topological polar surface area (TPSA) is 91.7 Å². The Bertz CT molecular complexity index is 1850. The zero-order valence-electron chi connectivity index (χ0n) is 21.9.